The number of nitrogens with zero attached hydrogens (tertiary/aromatic N) is 1. The van der Waals surface area contributed by atoms with Crippen molar-refractivity contribution in [3.63, 3.8) is 0 Å². The van der Waals surface area contributed by atoms with Crippen molar-refractivity contribution >= 4 is 45.2 Å². The maximum atomic E-state index is 12.4. The normalized spacial score (nSPS) is 12.7. The van der Waals surface area contributed by atoms with E-state index in [0.717, 1.165) is 4.47 Å². The van der Waals surface area contributed by atoms with E-state index >= 15 is 0 Å². The first-order valence-electron chi connectivity index (χ1n) is 9.24. The van der Waals surface area contributed by atoms with Gasteiger partial charge in [-0.3, -0.25) is 24.1 Å². The Morgan fingerprint density at radius 2 is 1.69 bits per heavy atom. The summed E-state index contributed by atoms with van der Waals surface area (Å²) >= 11 is 3.30. The van der Waals surface area contributed by atoms with Gasteiger partial charge < -0.3 is 10.6 Å². The van der Waals surface area contributed by atoms with Gasteiger partial charge >= 0.3 is 0 Å². The van der Waals surface area contributed by atoms with Crippen LogP contribution in [0.5, 0.6) is 0 Å². The fourth-order valence-electron chi connectivity index (χ4n) is 3.05. The molecule has 0 saturated heterocycles. The highest BCUT2D eigenvalue weighted by molar-refractivity contribution is 9.10. The molecular weight excluding hydrogens is 438 g/mol. The number of carbonyl (C=O) groups is 4. The van der Waals surface area contributed by atoms with E-state index < -0.39 is 0 Å². The molecule has 0 aromatic heterocycles. The summed E-state index contributed by atoms with van der Waals surface area (Å²) in [5, 5.41) is 5.45. The van der Waals surface area contributed by atoms with Gasteiger partial charge in [-0.15, -0.1) is 0 Å². The van der Waals surface area contributed by atoms with Crippen LogP contribution >= 0.6 is 15.9 Å². The molecule has 0 fully saturated rings. The molecule has 1 heterocycles. The van der Waals surface area contributed by atoms with Crippen molar-refractivity contribution in [3.8, 4) is 0 Å². The zero-order valence-electron chi connectivity index (χ0n) is 15.8. The highest BCUT2D eigenvalue weighted by Crippen LogP contribution is 2.26. The van der Waals surface area contributed by atoms with Crippen LogP contribution in [0.4, 0.5) is 5.69 Å². The number of nitrogens with one attached hydrogen (secondary N) is 2. The van der Waals surface area contributed by atoms with Gasteiger partial charge in [0.15, 0.2) is 0 Å². The average molecular weight is 458 g/mol. The van der Waals surface area contributed by atoms with Crippen LogP contribution < -0.4 is 10.6 Å². The van der Waals surface area contributed by atoms with Gasteiger partial charge in [0, 0.05) is 35.2 Å². The Balaban J connectivity index is 1.50. The molecule has 7 nitrogen and oxygen atoms in total. The number of rotatable bonds is 7. The van der Waals surface area contributed by atoms with E-state index in [1.807, 2.05) is 6.92 Å². The number of amides is 4. The third-order valence-corrected chi connectivity index (χ3v) is 4.98. The number of hydrogen-bond donors (Lipinski definition) is 2. The van der Waals surface area contributed by atoms with Crippen LogP contribution in [0.3, 0.4) is 0 Å². The molecule has 1 aliphatic heterocycles. The maximum Gasteiger partial charge on any atom is 0.261 e. The Morgan fingerprint density at radius 3 is 2.38 bits per heavy atom. The molecule has 2 aromatic carbocycles. The van der Waals surface area contributed by atoms with E-state index in [1.165, 1.54) is 4.90 Å². The average Bonchev–Trinajstić information content (AvgIpc) is 2.93. The SMILES string of the molecule is CCNC(=O)c1ccc(NC(=O)CCCN2C(=O)c3ccc(Br)cc3C2=O)cc1. The highest BCUT2D eigenvalue weighted by Gasteiger charge is 2.35. The van der Waals surface area contributed by atoms with Crippen LogP contribution in [0.2, 0.25) is 0 Å². The van der Waals surface area contributed by atoms with E-state index in [1.54, 1.807) is 42.5 Å². The topological polar surface area (TPSA) is 95.6 Å². The molecular formula is C21H20BrN3O4. The van der Waals surface area contributed by atoms with Gasteiger partial charge in [0.05, 0.1) is 11.1 Å². The monoisotopic (exact) mass is 457 g/mol. The second kappa shape index (κ2) is 9.00. The highest BCUT2D eigenvalue weighted by atomic mass is 79.9. The number of anilines is 1. The Labute approximate surface area is 176 Å². The van der Waals surface area contributed by atoms with Gasteiger partial charge in [0.2, 0.25) is 5.91 Å². The number of imide groups is 1. The Bertz CT molecular complexity index is 972. The van der Waals surface area contributed by atoms with E-state index in [2.05, 4.69) is 26.6 Å². The minimum Gasteiger partial charge on any atom is -0.352 e. The molecule has 0 bridgehead atoms. The van der Waals surface area contributed by atoms with Gasteiger partial charge in [-0.2, -0.15) is 0 Å². The quantitative estimate of drug-likeness (QED) is 0.623. The largest absolute Gasteiger partial charge is 0.352 e. The molecule has 2 N–H and O–H groups in total. The lowest BCUT2D eigenvalue weighted by atomic mass is 10.1. The fourth-order valence-corrected chi connectivity index (χ4v) is 3.42. The lowest BCUT2D eigenvalue weighted by molar-refractivity contribution is -0.116. The van der Waals surface area contributed by atoms with Gasteiger partial charge in [-0.1, -0.05) is 15.9 Å². The Hall–Kier alpha value is -3.00. The van der Waals surface area contributed by atoms with Gasteiger partial charge in [0.1, 0.15) is 0 Å². The molecule has 1 aliphatic rings. The van der Waals surface area contributed by atoms with Crippen LogP contribution in [0.1, 0.15) is 50.8 Å². The van der Waals surface area contributed by atoms with Crippen LogP contribution in [0.15, 0.2) is 46.9 Å². The predicted octanol–water partition coefficient (Wildman–Crippen LogP) is 3.21. The van der Waals surface area contributed by atoms with E-state index in [9.17, 15) is 19.2 Å². The molecule has 0 aliphatic carbocycles. The summed E-state index contributed by atoms with van der Waals surface area (Å²) in [6.45, 7) is 2.56. The molecule has 0 unspecified atom stereocenters. The molecule has 29 heavy (non-hydrogen) atoms. The number of fused-ring (bicyclic) bond motifs is 1. The number of hydrogen-bond acceptors (Lipinski definition) is 4. The van der Waals surface area contributed by atoms with E-state index in [-0.39, 0.29) is 36.6 Å². The Morgan fingerprint density at radius 1 is 1.00 bits per heavy atom. The lowest BCUT2D eigenvalue weighted by Crippen LogP contribution is -2.31. The van der Waals surface area contributed by atoms with E-state index in [0.29, 0.717) is 35.3 Å². The second-order valence-corrected chi connectivity index (χ2v) is 7.46. The zero-order chi connectivity index (χ0) is 21.0. The number of benzene rings is 2. The van der Waals surface area contributed by atoms with Crippen molar-refractivity contribution in [2.45, 2.75) is 19.8 Å². The standard InChI is InChI=1S/C21H20BrN3O4/c1-2-23-19(27)13-5-8-15(9-6-13)24-18(26)4-3-11-25-20(28)16-10-7-14(22)12-17(16)21(25)29/h5-10,12H,2-4,11H2,1H3,(H,23,27)(H,24,26). The molecule has 0 radical (unpaired) electrons. The molecule has 3 rings (SSSR count). The van der Waals surface area contributed by atoms with Crippen molar-refractivity contribution < 1.29 is 19.2 Å². The third-order valence-electron chi connectivity index (χ3n) is 4.49. The molecule has 0 spiro atoms. The summed E-state index contributed by atoms with van der Waals surface area (Å²) in [5.41, 5.74) is 1.85. The summed E-state index contributed by atoms with van der Waals surface area (Å²) in [7, 11) is 0. The van der Waals surface area contributed by atoms with Crippen LogP contribution in [-0.4, -0.2) is 41.6 Å². The molecule has 0 saturated carbocycles. The van der Waals surface area contributed by atoms with Crippen LogP contribution in [0.25, 0.3) is 0 Å². The van der Waals surface area contributed by atoms with Crippen LogP contribution in [0, 0.1) is 0 Å². The summed E-state index contributed by atoms with van der Waals surface area (Å²) in [5.74, 6) is -1.07. The third kappa shape index (κ3) is 4.71. The van der Waals surface area contributed by atoms with E-state index in [4.69, 9.17) is 0 Å². The van der Waals surface area contributed by atoms with Crippen molar-refractivity contribution in [2.75, 3.05) is 18.4 Å². The predicted molar refractivity (Wildman–Crippen MR) is 112 cm³/mol. The summed E-state index contributed by atoms with van der Waals surface area (Å²) in [4.78, 5) is 49.8. The summed E-state index contributed by atoms with van der Waals surface area (Å²) < 4.78 is 0.733. The minimum absolute atomic E-state index is 0.162. The number of halogens is 1. The molecule has 2 aromatic rings. The molecule has 8 heteroatoms. The number of carbonyl (C=O) groups excluding carboxylic acids is 4. The van der Waals surface area contributed by atoms with Crippen molar-refractivity contribution in [1.29, 1.82) is 0 Å². The van der Waals surface area contributed by atoms with Crippen molar-refractivity contribution in [1.82, 2.24) is 10.2 Å². The zero-order valence-corrected chi connectivity index (χ0v) is 17.4. The maximum absolute atomic E-state index is 12.4. The second-order valence-electron chi connectivity index (χ2n) is 6.54. The van der Waals surface area contributed by atoms with Crippen molar-refractivity contribution in [2.24, 2.45) is 0 Å². The fraction of sp³-hybridized carbons (Fsp3) is 0.238. The Kier molecular flexibility index (Phi) is 6.43. The molecule has 150 valence electrons. The van der Waals surface area contributed by atoms with Crippen LogP contribution in [-0.2, 0) is 4.79 Å². The summed E-state index contributed by atoms with van der Waals surface area (Å²) in [6.07, 6.45) is 0.518. The lowest BCUT2D eigenvalue weighted by Gasteiger charge is -2.13. The smallest absolute Gasteiger partial charge is 0.261 e. The first-order chi connectivity index (χ1) is 13.9. The van der Waals surface area contributed by atoms with Gasteiger partial charge in [0.25, 0.3) is 17.7 Å². The first kappa shape index (κ1) is 20.7. The minimum atomic E-state index is -0.340. The van der Waals surface area contributed by atoms with Crippen molar-refractivity contribution in [3.05, 3.63) is 63.6 Å². The van der Waals surface area contributed by atoms with Gasteiger partial charge in [-0.05, 0) is 55.8 Å². The first-order valence-corrected chi connectivity index (χ1v) is 10.0. The molecule has 0 atom stereocenters. The van der Waals surface area contributed by atoms with Gasteiger partial charge in [-0.25, -0.2) is 0 Å². The molecule has 4 amide bonds. The summed E-state index contributed by atoms with van der Waals surface area (Å²) in [6, 6.07) is 11.6.